The van der Waals surface area contributed by atoms with E-state index in [2.05, 4.69) is 22.2 Å². The molecule has 2 aromatic heterocycles. The van der Waals surface area contributed by atoms with Crippen LogP contribution in [0.1, 0.15) is 32.6 Å². The Bertz CT molecular complexity index is 559. The van der Waals surface area contributed by atoms with Gasteiger partial charge in [-0.15, -0.1) is 0 Å². The highest BCUT2D eigenvalue weighted by Crippen LogP contribution is 2.23. The van der Waals surface area contributed by atoms with E-state index in [9.17, 15) is 5.11 Å². The first-order chi connectivity index (χ1) is 9.74. The number of hydrogen-bond acceptors (Lipinski definition) is 5. The lowest BCUT2D eigenvalue weighted by Crippen LogP contribution is -2.24. The highest BCUT2D eigenvalue weighted by atomic mass is 16.3. The minimum Gasteiger partial charge on any atom is -0.394 e. The van der Waals surface area contributed by atoms with Crippen molar-refractivity contribution >= 4 is 22.5 Å². The number of anilines is 2. The fourth-order valence-electron chi connectivity index (χ4n) is 2.26. The van der Waals surface area contributed by atoms with Gasteiger partial charge in [-0.3, -0.25) is 4.98 Å². The van der Waals surface area contributed by atoms with Gasteiger partial charge in [0.1, 0.15) is 11.3 Å². The van der Waals surface area contributed by atoms with E-state index in [4.69, 9.17) is 5.73 Å². The Labute approximate surface area is 119 Å². The molecule has 0 aliphatic heterocycles. The van der Waals surface area contributed by atoms with Crippen LogP contribution < -0.4 is 11.1 Å². The van der Waals surface area contributed by atoms with Gasteiger partial charge in [-0.25, -0.2) is 4.98 Å². The Morgan fingerprint density at radius 2 is 2.25 bits per heavy atom. The molecule has 5 heteroatoms. The van der Waals surface area contributed by atoms with E-state index in [1.807, 2.05) is 12.1 Å². The van der Waals surface area contributed by atoms with Gasteiger partial charge in [-0.05, 0) is 18.6 Å². The van der Waals surface area contributed by atoms with Gasteiger partial charge in [0.15, 0.2) is 0 Å². The highest BCUT2D eigenvalue weighted by Gasteiger charge is 2.11. The van der Waals surface area contributed by atoms with Gasteiger partial charge >= 0.3 is 0 Å². The number of unbranched alkanes of at least 4 members (excludes halogenated alkanes) is 2. The topological polar surface area (TPSA) is 84.1 Å². The summed E-state index contributed by atoms with van der Waals surface area (Å²) in [6, 6.07) is 5.52. The van der Waals surface area contributed by atoms with E-state index in [1.165, 1.54) is 12.8 Å². The van der Waals surface area contributed by atoms with E-state index < -0.39 is 0 Å². The van der Waals surface area contributed by atoms with Crippen LogP contribution in [0.2, 0.25) is 0 Å². The van der Waals surface area contributed by atoms with Crippen molar-refractivity contribution in [1.82, 2.24) is 9.97 Å². The predicted octanol–water partition coefficient (Wildman–Crippen LogP) is 2.57. The number of nitrogens with two attached hydrogens (primary N) is 1. The smallest absolute Gasteiger partial charge is 0.126 e. The molecule has 0 saturated carbocycles. The van der Waals surface area contributed by atoms with Crippen molar-refractivity contribution in [3.63, 3.8) is 0 Å². The van der Waals surface area contributed by atoms with E-state index >= 15 is 0 Å². The lowest BCUT2D eigenvalue weighted by Gasteiger charge is -2.18. The number of aromatic nitrogens is 2. The first-order valence-electron chi connectivity index (χ1n) is 7.13. The molecule has 1 unspecified atom stereocenters. The Kier molecular flexibility index (Phi) is 5.12. The molecule has 0 amide bonds. The molecule has 0 bridgehead atoms. The number of nitrogens with zero attached hydrogens (tertiary/aromatic N) is 2. The number of rotatable bonds is 7. The van der Waals surface area contributed by atoms with Crippen LogP contribution >= 0.6 is 0 Å². The van der Waals surface area contributed by atoms with Crippen molar-refractivity contribution in [3.8, 4) is 0 Å². The third kappa shape index (κ3) is 3.57. The zero-order valence-corrected chi connectivity index (χ0v) is 11.8. The molecule has 0 fully saturated rings. The van der Waals surface area contributed by atoms with E-state index in [1.54, 1.807) is 12.3 Å². The van der Waals surface area contributed by atoms with Crippen LogP contribution in [0, 0.1) is 0 Å². The summed E-state index contributed by atoms with van der Waals surface area (Å²) in [5, 5.41) is 12.8. The summed E-state index contributed by atoms with van der Waals surface area (Å²) in [6.45, 7) is 2.27. The molecule has 0 aliphatic carbocycles. The maximum absolute atomic E-state index is 9.50. The van der Waals surface area contributed by atoms with Crippen LogP contribution in [-0.4, -0.2) is 27.7 Å². The molecule has 20 heavy (non-hydrogen) atoms. The Morgan fingerprint density at radius 1 is 1.40 bits per heavy atom. The molecule has 5 nitrogen and oxygen atoms in total. The average Bonchev–Trinajstić information content (AvgIpc) is 2.46. The van der Waals surface area contributed by atoms with Gasteiger partial charge in [0.05, 0.1) is 17.8 Å². The number of nitrogens with one attached hydrogen (secondary N) is 1. The predicted molar refractivity (Wildman–Crippen MR) is 82.6 cm³/mol. The van der Waals surface area contributed by atoms with Crippen molar-refractivity contribution in [1.29, 1.82) is 0 Å². The first-order valence-corrected chi connectivity index (χ1v) is 7.13. The number of nitrogen functional groups attached to an aromatic ring is 1. The SMILES string of the molecule is CCCCCC(CO)Nc1cc(N)nc2cccnc12. The minimum absolute atomic E-state index is 0.0218. The van der Waals surface area contributed by atoms with Crippen LogP contribution in [0.4, 0.5) is 11.5 Å². The molecular formula is C15H22N4O. The van der Waals surface area contributed by atoms with E-state index in [0.29, 0.717) is 5.82 Å². The fraction of sp³-hybridized carbons (Fsp3) is 0.467. The van der Waals surface area contributed by atoms with Gasteiger partial charge in [0, 0.05) is 18.3 Å². The molecule has 2 aromatic rings. The molecule has 0 saturated heterocycles. The second-order valence-electron chi connectivity index (χ2n) is 4.99. The van der Waals surface area contributed by atoms with Gasteiger partial charge < -0.3 is 16.2 Å². The number of fused-ring (bicyclic) bond motifs is 1. The molecule has 108 valence electrons. The monoisotopic (exact) mass is 274 g/mol. The van der Waals surface area contributed by atoms with Crippen LogP contribution in [0.3, 0.4) is 0 Å². The molecule has 2 heterocycles. The summed E-state index contributed by atoms with van der Waals surface area (Å²) in [4.78, 5) is 8.60. The number of aliphatic hydroxyl groups excluding tert-OH is 1. The Balaban J connectivity index is 2.18. The molecule has 0 radical (unpaired) electrons. The second-order valence-corrected chi connectivity index (χ2v) is 4.99. The summed E-state index contributed by atoms with van der Waals surface area (Å²) >= 11 is 0. The zero-order chi connectivity index (χ0) is 14.4. The quantitative estimate of drug-likeness (QED) is 0.676. The van der Waals surface area contributed by atoms with Crippen LogP contribution in [0.15, 0.2) is 24.4 Å². The average molecular weight is 274 g/mol. The van der Waals surface area contributed by atoms with Crippen LogP contribution in [0.5, 0.6) is 0 Å². The highest BCUT2D eigenvalue weighted by molar-refractivity contribution is 5.89. The second kappa shape index (κ2) is 7.05. The van der Waals surface area contributed by atoms with Crippen molar-refractivity contribution < 1.29 is 5.11 Å². The lowest BCUT2D eigenvalue weighted by molar-refractivity contribution is 0.266. The molecular weight excluding hydrogens is 252 g/mol. The fourth-order valence-corrected chi connectivity index (χ4v) is 2.26. The summed E-state index contributed by atoms with van der Waals surface area (Å²) in [5.74, 6) is 0.457. The summed E-state index contributed by atoms with van der Waals surface area (Å²) < 4.78 is 0. The van der Waals surface area contributed by atoms with Crippen molar-refractivity contribution in [3.05, 3.63) is 24.4 Å². The number of pyridine rings is 2. The maximum atomic E-state index is 9.50. The van der Waals surface area contributed by atoms with E-state index in [-0.39, 0.29) is 12.6 Å². The van der Waals surface area contributed by atoms with Crippen LogP contribution in [0.25, 0.3) is 11.0 Å². The first kappa shape index (κ1) is 14.5. The number of aliphatic hydroxyl groups is 1. The largest absolute Gasteiger partial charge is 0.394 e. The lowest BCUT2D eigenvalue weighted by atomic mass is 10.1. The van der Waals surface area contributed by atoms with Crippen molar-refractivity contribution in [2.75, 3.05) is 17.7 Å². The van der Waals surface area contributed by atoms with Gasteiger partial charge in [0.25, 0.3) is 0 Å². The van der Waals surface area contributed by atoms with Crippen LogP contribution in [-0.2, 0) is 0 Å². The summed E-state index contributed by atoms with van der Waals surface area (Å²) in [7, 11) is 0. The molecule has 0 aliphatic rings. The van der Waals surface area contributed by atoms with Gasteiger partial charge in [-0.1, -0.05) is 26.2 Å². The van der Waals surface area contributed by atoms with E-state index in [0.717, 1.165) is 29.6 Å². The van der Waals surface area contributed by atoms with Gasteiger partial charge in [0.2, 0.25) is 0 Å². The third-order valence-corrected chi connectivity index (χ3v) is 3.32. The zero-order valence-electron chi connectivity index (χ0n) is 11.8. The summed E-state index contributed by atoms with van der Waals surface area (Å²) in [5.41, 5.74) is 8.21. The Hall–Kier alpha value is -1.88. The van der Waals surface area contributed by atoms with Gasteiger partial charge in [-0.2, -0.15) is 0 Å². The Morgan fingerprint density at radius 3 is 3.00 bits per heavy atom. The minimum atomic E-state index is 0.0218. The maximum Gasteiger partial charge on any atom is 0.126 e. The van der Waals surface area contributed by atoms with Crippen molar-refractivity contribution in [2.24, 2.45) is 0 Å². The number of hydrogen-bond donors (Lipinski definition) is 3. The normalized spacial score (nSPS) is 12.5. The van der Waals surface area contributed by atoms with Crippen molar-refractivity contribution in [2.45, 2.75) is 38.6 Å². The standard InChI is InChI=1S/C15H22N4O/c1-2-3-4-6-11(10-20)18-13-9-14(16)19-12-7-5-8-17-15(12)13/h5,7-9,11,20H,2-4,6,10H2,1H3,(H3,16,18,19). The third-order valence-electron chi connectivity index (χ3n) is 3.32. The molecule has 4 N–H and O–H groups in total. The summed E-state index contributed by atoms with van der Waals surface area (Å²) in [6.07, 6.45) is 6.11. The molecule has 2 rings (SSSR count). The molecule has 0 aromatic carbocycles. The molecule has 1 atom stereocenters. The molecule has 0 spiro atoms.